The summed E-state index contributed by atoms with van der Waals surface area (Å²) in [5, 5.41) is 7.17. The maximum atomic E-state index is 15.1. The van der Waals surface area contributed by atoms with Crippen LogP contribution in [-0.4, -0.2) is 69.5 Å². The second kappa shape index (κ2) is 14.4. The molecule has 0 aromatic heterocycles. The zero-order valence-electron chi connectivity index (χ0n) is 22.9. The standard InChI is InChI=1S/C29H40ClFN4O2S2/c1-3-19-38-35-18-15-32-21-24(35)11-12-25-26(31)5-4-6-27(25)33-28(36)20-29(22-7-9-23(30)10-8-22)13-16-34(17-14-29)39(2)37/h4-10,24,32H,3,11-21H2,1-2H3,(H,33,36)/t24-,39?/m0/s1. The van der Waals surface area contributed by atoms with Crippen LogP contribution in [0, 0.1) is 5.82 Å². The van der Waals surface area contributed by atoms with E-state index in [1.807, 2.05) is 40.5 Å². The third-order valence-electron chi connectivity index (χ3n) is 7.88. The number of nitrogens with zero attached hydrogens (tertiary/aromatic N) is 2. The average Bonchev–Trinajstić information content (AvgIpc) is 2.92. The highest BCUT2D eigenvalue weighted by Gasteiger charge is 2.39. The van der Waals surface area contributed by atoms with Gasteiger partial charge >= 0.3 is 0 Å². The third-order valence-corrected chi connectivity index (χ3v) is 10.6. The lowest BCUT2D eigenvalue weighted by atomic mass is 9.70. The molecule has 10 heteroatoms. The summed E-state index contributed by atoms with van der Waals surface area (Å²) < 4.78 is 31.5. The quantitative estimate of drug-likeness (QED) is 0.341. The van der Waals surface area contributed by atoms with Crippen molar-refractivity contribution >= 4 is 46.1 Å². The van der Waals surface area contributed by atoms with Crippen molar-refractivity contribution in [1.82, 2.24) is 13.9 Å². The van der Waals surface area contributed by atoms with Gasteiger partial charge in [0.1, 0.15) is 5.82 Å². The monoisotopic (exact) mass is 594 g/mol. The molecule has 2 saturated heterocycles. The van der Waals surface area contributed by atoms with E-state index in [-0.39, 0.29) is 18.1 Å². The Hall–Kier alpha value is -1.49. The highest BCUT2D eigenvalue weighted by molar-refractivity contribution is 7.97. The number of piperidine rings is 1. The molecular formula is C29H40ClFN4O2S2. The SMILES string of the molecule is CCCSN1CCNC[C@@H]1CCc1c(F)cccc1NC(=O)CC1(c2ccc(Cl)cc2)CCN(S(C)=O)CC1. The van der Waals surface area contributed by atoms with Gasteiger partial charge < -0.3 is 10.6 Å². The van der Waals surface area contributed by atoms with E-state index in [9.17, 15) is 9.00 Å². The lowest BCUT2D eigenvalue weighted by Gasteiger charge is -2.41. The predicted molar refractivity (Wildman–Crippen MR) is 162 cm³/mol. The van der Waals surface area contributed by atoms with Gasteiger partial charge in [-0.15, -0.1) is 0 Å². The number of benzene rings is 2. The smallest absolute Gasteiger partial charge is 0.225 e. The van der Waals surface area contributed by atoms with Crippen molar-refractivity contribution in [2.24, 2.45) is 0 Å². The summed E-state index contributed by atoms with van der Waals surface area (Å²) in [4.78, 5) is 13.5. The van der Waals surface area contributed by atoms with Crippen molar-refractivity contribution in [3.8, 4) is 0 Å². The fourth-order valence-corrected chi connectivity index (χ4v) is 7.50. The number of amides is 1. The van der Waals surface area contributed by atoms with E-state index < -0.39 is 16.4 Å². The summed E-state index contributed by atoms with van der Waals surface area (Å²) in [6.07, 6.45) is 5.86. The Morgan fingerprint density at radius 2 is 1.95 bits per heavy atom. The third kappa shape index (κ3) is 8.05. The first-order valence-corrected chi connectivity index (χ1v) is 16.7. The summed E-state index contributed by atoms with van der Waals surface area (Å²) in [5.74, 6) is 0.663. The normalized spacial score (nSPS) is 21.0. The zero-order chi connectivity index (χ0) is 27.8. The van der Waals surface area contributed by atoms with Gasteiger partial charge in [-0.1, -0.05) is 48.7 Å². The second-order valence-corrected chi connectivity index (χ2v) is 13.4. The molecule has 0 bridgehead atoms. The first kappa shape index (κ1) is 30.5. The summed E-state index contributed by atoms with van der Waals surface area (Å²) >= 11 is 8.03. The minimum absolute atomic E-state index is 0.137. The zero-order valence-corrected chi connectivity index (χ0v) is 25.3. The molecule has 1 unspecified atom stereocenters. The highest BCUT2D eigenvalue weighted by Crippen LogP contribution is 2.40. The van der Waals surface area contributed by atoms with Crippen LogP contribution in [0.1, 0.15) is 50.2 Å². The number of anilines is 1. The first-order valence-electron chi connectivity index (χ1n) is 13.8. The van der Waals surface area contributed by atoms with Crippen molar-refractivity contribution in [3.05, 3.63) is 64.4 Å². The van der Waals surface area contributed by atoms with Gasteiger partial charge in [0.2, 0.25) is 5.91 Å². The van der Waals surface area contributed by atoms with Gasteiger partial charge in [0, 0.05) is 78.9 Å². The second-order valence-electron chi connectivity index (χ2n) is 10.5. The molecule has 2 aromatic carbocycles. The van der Waals surface area contributed by atoms with E-state index in [4.69, 9.17) is 11.6 Å². The molecule has 2 fully saturated rings. The summed E-state index contributed by atoms with van der Waals surface area (Å²) in [7, 11) is -1.04. The van der Waals surface area contributed by atoms with Crippen LogP contribution in [0.3, 0.4) is 0 Å². The van der Waals surface area contributed by atoms with Crippen LogP contribution in [0.15, 0.2) is 42.5 Å². The Morgan fingerprint density at radius 1 is 1.21 bits per heavy atom. The molecule has 0 saturated carbocycles. The van der Waals surface area contributed by atoms with Gasteiger partial charge in [-0.2, -0.15) is 0 Å². The van der Waals surface area contributed by atoms with Crippen molar-refractivity contribution in [2.45, 2.75) is 56.9 Å². The maximum absolute atomic E-state index is 15.1. The van der Waals surface area contributed by atoms with Crippen molar-refractivity contribution in [1.29, 1.82) is 0 Å². The molecule has 1 amide bonds. The van der Waals surface area contributed by atoms with Crippen molar-refractivity contribution in [2.75, 3.05) is 50.0 Å². The predicted octanol–water partition coefficient (Wildman–Crippen LogP) is 5.40. The Labute approximate surface area is 244 Å². The van der Waals surface area contributed by atoms with Crippen LogP contribution < -0.4 is 10.6 Å². The lowest BCUT2D eigenvalue weighted by molar-refractivity contribution is -0.117. The van der Waals surface area contributed by atoms with Gasteiger partial charge in [-0.05, 0) is 61.9 Å². The first-order chi connectivity index (χ1) is 18.8. The number of hydrogen-bond donors (Lipinski definition) is 2. The van der Waals surface area contributed by atoms with Crippen LogP contribution >= 0.6 is 23.5 Å². The van der Waals surface area contributed by atoms with Crippen molar-refractivity contribution in [3.63, 3.8) is 0 Å². The molecule has 2 N–H and O–H groups in total. The maximum Gasteiger partial charge on any atom is 0.225 e. The largest absolute Gasteiger partial charge is 0.326 e. The van der Waals surface area contributed by atoms with Crippen LogP contribution in [0.2, 0.25) is 5.02 Å². The summed E-state index contributed by atoms with van der Waals surface area (Å²) in [6, 6.07) is 12.9. The number of carbonyl (C=O) groups excluding carboxylic acids is 1. The number of halogens is 2. The Kier molecular flexibility index (Phi) is 11.3. The molecule has 39 heavy (non-hydrogen) atoms. The van der Waals surface area contributed by atoms with Gasteiger partial charge in [0.15, 0.2) is 0 Å². The van der Waals surface area contributed by atoms with E-state index >= 15 is 4.39 Å². The molecule has 2 heterocycles. The molecule has 0 aliphatic carbocycles. The minimum atomic E-state index is -1.04. The molecule has 2 aliphatic heterocycles. The van der Waals surface area contributed by atoms with E-state index in [2.05, 4.69) is 21.9 Å². The molecule has 4 rings (SSSR count). The summed E-state index contributed by atoms with van der Waals surface area (Å²) in [5.41, 5.74) is 1.77. The van der Waals surface area contributed by atoms with Gasteiger partial charge in [0.25, 0.3) is 0 Å². The highest BCUT2D eigenvalue weighted by atomic mass is 35.5. The average molecular weight is 595 g/mol. The number of nitrogens with one attached hydrogen (secondary N) is 2. The number of rotatable bonds is 11. The lowest BCUT2D eigenvalue weighted by Crippen LogP contribution is -2.48. The molecule has 214 valence electrons. The molecule has 2 aromatic rings. The van der Waals surface area contributed by atoms with Gasteiger partial charge in [0.05, 0.1) is 11.0 Å². The Morgan fingerprint density at radius 3 is 2.64 bits per heavy atom. The van der Waals surface area contributed by atoms with Crippen LogP contribution in [-0.2, 0) is 27.6 Å². The van der Waals surface area contributed by atoms with E-state index in [1.165, 1.54) is 6.07 Å². The van der Waals surface area contributed by atoms with Gasteiger partial charge in [-0.3, -0.25) is 4.79 Å². The number of hydrogen-bond acceptors (Lipinski definition) is 5. The molecule has 2 aliphatic rings. The molecule has 6 nitrogen and oxygen atoms in total. The number of carbonyl (C=O) groups is 1. The van der Waals surface area contributed by atoms with Gasteiger partial charge in [-0.25, -0.2) is 17.2 Å². The Balaban J connectivity index is 1.48. The summed E-state index contributed by atoms with van der Waals surface area (Å²) in [6.45, 7) is 6.31. The van der Waals surface area contributed by atoms with Crippen LogP contribution in [0.5, 0.6) is 0 Å². The van der Waals surface area contributed by atoms with E-state index in [0.29, 0.717) is 54.7 Å². The molecular weight excluding hydrogens is 555 g/mol. The minimum Gasteiger partial charge on any atom is -0.326 e. The van der Waals surface area contributed by atoms with E-state index in [1.54, 1.807) is 18.4 Å². The van der Waals surface area contributed by atoms with Crippen molar-refractivity contribution < 1.29 is 13.4 Å². The van der Waals surface area contributed by atoms with Crippen LogP contribution in [0.4, 0.5) is 10.1 Å². The number of piperazine rings is 1. The molecule has 0 spiro atoms. The fraction of sp³-hybridized carbons (Fsp3) is 0.552. The molecule has 0 radical (unpaired) electrons. The van der Waals surface area contributed by atoms with Crippen LogP contribution in [0.25, 0.3) is 0 Å². The van der Waals surface area contributed by atoms with E-state index in [0.717, 1.165) is 43.8 Å². The Bertz CT molecular complexity index is 1130. The topological polar surface area (TPSA) is 64.7 Å². The molecule has 2 atom stereocenters. The fourth-order valence-electron chi connectivity index (χ4n) is 5.65.